The van der Waals surface area contributed by atoms with Crippen molar-refractivity contribution < 1.29 is 9.53 Å². The molecule has 1 saturated carbocycles. The summed E-state index contributed by atoms with van der Waals surface area (Å²) in [5.74, 6) is 0.674. The number of rotatable bonds is 4. The first-order valence-corrected chi connectivity index (χ1v) is 8.99. The van der Waals surface area contributed by atoms with Gasteiger partial charge in [-0.1, -0.05) is 11.6 Å². The van der Waals surface area contributed by atoms with Crippen LogP contribution >= 0.6 is 23.4 Å². The van der Waals surface area contributed by atoms with E-state index in [1.54, 1.807) is 18.9 Å². The zero-order valence-electron chi connectivity index (χ0n) is 12.9. The van der Waals surface area contributed by atoms with Crippen LogP contribution in [-0.2, 0) is 4.79 Å². The SMILES string of the molecule is COc1ccc(SC2(C=O)CCC3(CCNCC3)C2)cc1Cl. The van der Waals surface area contributed by atoms with E-state index in [4.69, 9.17) is 16.3 Å². The number of benzene rings is 1. The molecule has 1 aliphatic heterocycles. The first-order chi connectivity index (χ1) is 10.6. The summed E-state index contributed by atoms with van der Waals surface area (Å²) in [5.41, 5.74) is 0.357. The quantitative estimate of drug-likeness (QED) is 0.843. The lowest BCUT2D eigenvalue weighted by Crippen LogP contribution is -2.36. The molecule has 120 valence electrons. The van der Waals surface area contributed by atoms with E-state index in [1.807, 2.05) is 18.2 Å². The average molecular weight is 340 g/mol. The summed E-state index contributed by atoms with van der Waals surface area (Å²) in [6.45, 7) is 2.15. The number of hydrogen-bond acceptors (Lipinski definition) is 4. The highest BCUT2D eigenvalue weighted by molar-refractivity contribution is 8.01. The Bertz CT molecular complexity index is 560. The molecule has 1 aromatic rings. The van der Waals surface area contributed by atoms with E-state index in [2.05, 4.69) is 5.32 Å². The fourth-order valence-corrected chi connectivity index (χ4v) is 5.56. The highest BCUT2D eigenvalue weighted by atomic mass is 35.5. The van der Waals surface area contributed by atoms with Gasteiger partial charge in [-0.25, -0.2) is 0 Å². The first kappa shape index (κ1) is 16.2. The van der Waals surface area contributed by atoms with E-state index in [-0.39, 0.29) is 4.75 Å². The molecule has 1 aromatic carbocycles. The predicted octanol–water partition coefficient (Wildman–Crippen LogP) is 3.93. The molecule has 0 radical (unpaired) electrons. The maximum atomic E-state index is 11.9. The van der Waals surface area contributed by atoms with E-state index < -0.39 is 0 Å². The topological polar surface area (TPSA) is 38.3 Å². The Hall–Kier alpha value is -0.710. The Morgan fingerprint density at radius 3 is 2.68 bits per heavy atom. The van der Waals surface area contributed by atoms with Gasteiger partial charge in [0.15, 0.2) is 0 Å². The number of ether oxygens (including phenoxy) is 1. The standard InChI is InChI=1S/C17H22ClNO2S/c1-21-15-3-2-13(10-14(15)18)22-17(12-20)5-4-16(11-17)6-8-19-9-7-16/h2-3,10,12,19H,4-9,11H2,1H3. The molecule has 2 aliphatic rings. The van der Waals surface area contributed by atoms with E-state index >= 15 is 0 Å². The van der Waals surface area contributed by atoms with Gasteiger partial charge in [0.2, 0.25) is 0 Å². The molecule has 3 rings (SSSR count). The fraction of sp³-hybridized carbons (Fsp3) is 0.588. The van der Waals surface area contributed by atoms with Crippen LogP contribution in [0.4, 0.5) is 0 Å². The predicted molar refractivity (Wildman–Crippen MR) is 91.0 cm³/mol. The van der Waals surface area contributed by atoms with E-state index in [9.17, 15) is 4.79 Å². The Morgan fingerprint density at radius 1 is 1.27 bits per heavy atom. The Balaban J connectivity index is 1.77. The zero-order valence-corrected chi connectivity index (χ0v) is 14.4. The molecule has 1 spiro atoms. The largest absolute Gasteiger partial charge is 0.495 e. The number of carbonyl (C=O) groups excluding carboxylic acids is 1. The number of hydrogen-bond donors (Lipinski definition) is 1. The minimum absolute atomic E-state index is 0.296. The van der Waals surface area contributed by atoms with Crippen molar-refractivity contribution in [3.8, 4) is 5.75 Å². The van der Waals surface area contributed by atoms with Crippen LogP contribution in [0.5, 0.6) is 5.75 Å². The van der Waals surface area contributed by atoms with E-state index in [0.717, 1.165) is 37.2 Å². The third-order valence-corrected chi connectivity index (χ3v) is 6.71. The smallest absolute Gasteiger partial charge is 0.137 e. The third kappa shape index (κ3) is 3.15. The number of carbonyl (C=O) groups is 1. The van der Waals surface area contributed by atoms with Crippen molar-refractivity contribution in [2.75, 3.05) is 20.2 Å². The van der Waals surface area contributed by atoms with Crippen LogP contribution in [0.25, 0.3) is 0 Å². The van der Waals surface area contributed by atoms with Crippen LogP contribution in [0.1, 0.15) is 32.1 Å². The molecule has 1 aliphatic carbocycles. The molecule has 1 unspecified atom stereocenters. The summed E-state index contributed by atoms with van der Waals surface area (Å²) in [5, 5.41) is 4.02. The summed E-state index contributed by atoms with van der Waals surface area (Å²) >= 11 is 7.88. The lowest BCUT2D eigenvalue weighted by atomic mass is 9.77. The molecule has 1 heterocycles. The summed E-state index contributed by atoms with van der Waals surface area (Å²) in [6.07, 6.45) is 6.65. The summed E-state index contributed by atoms with van der Waals surface area (Å²) in [4.78, 5) is 12.9. The lowest BCUT2D eigenvalue weighted by molar-refractivity contribution is -0.109. The summed E-state index contributed by atoms with van der Waals surface area (Å²) < 4.78 is 4.90. The highest BCUT2D eigenvalue weighted by Gasteiger charge is 2.49. The van der Waals surface area contributed by atoms with Gasteiger partial charge in [0.25, 0.3) is 0 Å². The number of methoxy groups -OCH3 is 1. The molecular weight excluding hydrogens is 318 g/mol. The monoisotopic (exact) mass is 339 g/mol. The normalized spacial score (nSPS) is 27.0. The van der Waals surface area contributed by atoms with Crippen molar-refractivity contribution in [1.82, 2.24) is 5.32 Å². The molecule has 1 saturated heterocycles. The molecule has 3 nitrogen and oxygen atoms in total. The Labute approximate surface area is 141 Å². The molecule has 0 bridgehead atoms. The van der Waals surface area contributed by atoms with Crippen molar-refractivity contribution >= 4 is 29.6 Å². The Morgan fingerprint density at radius 2 is 2.05 bits per heavy atom. The Kier molecular flexibility index (Phi) is 4.72. The maximum Gasteiger partial charge on any atom is 0.137 e. The number of halogens is 1. The molecule has 2 fully saturated rings. The first-order valence-electron chi connectivity index (χ1n) is 7.80. The van der Waals surface area contributed by atoms with Crippen molar-refractivity contribution in [2.24, 2.45) is 5.41 Å². The second kappa shape index (κ2) is 6.42. The van der Waals surface area contributed by atoms with Crippen LogP contribution in [-0.4, -0.2) is 31.2 Å². The van der Waals surface area contributed by atoms with Gasteiger partial charge < -0.3 is 14.8 Å². The molecule has 0 amide bonds. The van der Waals surface area contributed by atoms with Crippen LogP contribution < -0.4 is 10.1 Å². The van der Waals surface area contributed by atoms with Gasteiger partial charge in [-0.05, 0) is 68.8 Å². The number of thioether (sulfide) groups is 1. The van der Waals surface area contributed by atoms with Crippen LogP contribution in [0.15, 0.2) is 23.1 Å². The van der Waals surface area contributed by atoms with Gasteiger partial charge in [0.1, 0.15) is 12.0 Å². The number of nitrogens with one attached hydrogen (secondary N) is 1. The molecular formula is C17H22ClNO2S. The van der Waals surface area contributed by atoms with E-state index in [0.29, 0.717) is 16.2 Å². The second-order valence-electron chi connectivity index (χ2n) is 6.51. The number of piperidine rings is 1. The second-order valence-corrected chi connectivity index (χ2v) is 8.40. The molecule has 5 heteroatoms. The van der Waals surface area contributed by atoms with Gasteiger partial charge in [-0.15, -0.1) is 11.8 Å². The molecule has 0 aromatic heterocycles. The minimum Gasteiger partial charge on any atom is -0.495 e. The van der Waals surface area contributed by atoms with Crippen molar-refractivity contribution in [3.05, 3.63) is 23.2 Å². The minimum atomic E-state index is -0.296. The van der Waals surface area contributed by atoms with Crippen molar-refractivity contribution in [3.63, 3.8) is 0 Å². The van der Waals surface area contributed by atoms with Crippen LogP contribution in [0.3, 0.4) is 0 Å². The van der Waals surface area contributed by atoms with Crippen molar-refractivity contribution in [1.29, 1.82) is 0 Å². The van der Waals surface area contributed by atoms with Crippen LogP contribution in [0, 0.1) is 5.41 Å². The van der Waals surface area contributed by atoms with Crippen molar-refractivity contribution in [2.45, 2.75) is 41.7 Å². The summed E-state index contributed by atoms with van der Waals surface area (Å²) in [7, 11) is 1.61. The number of aldehydes is 1. The lowest BCUT2D eigenvalue weighted by Gasteiger charge is -2.35. The highest BCUT2D eigenvalue weighted by Crippen LogP contribution is 2.55. The molecule has 1 atom stereocenters. The molecule has 1 N–H and O–H groups in total. The van der Waals surface area contributed by atoms with E-state index in [1.165, 1.54) is 19.1 Å². The van der Waals surface area contributed by atoms with Gasteiger partial charge in [-0.3, -0.25) is 0 Å². The molecule has 22 heavy (non-hydrogen) atoms. The third-order valence-electron chi connectivity index (χ3n) is 5.08. The van der Waals surface area contributed by atoms with Gasteiger partial charge in [0.05, 0.1) is 16.9 Å². The van der Waals surface area contributed by atoms with Gasteiger partial charge >= 0.3 is 0 Å². The van der Waals surface area contributed by atoms with Gasteiger partial charge in [0, 0.05) is 4.90 Å². The zero-order chi connectivity index (χ0) is 15.6. The maximum absolute atomic E-state index is 11.9. The van der Waals surface area contributed by atoms with Gasteiger partial charge in [-0.2, -0.15) is 0 Å². The average Bonchev–Trinajstić information content (AvgIpc) is 2.87. The fourth-order valence-electron chi connectivity index (χ4n) is 3.83. The van der Waals surface area contributed by atoms with Crippen LogP contribution in [0.2, 0.25) is 5.02 Å². The summed E-state index contributed by atoms with van der Waals surface area (Å²) in [6, 6.07) is 5.77.